The van der Waals surface area contributed by atoms with E-state index in [1.807, 2.05) is 37.3 Å². The predicted octanol–water partition coefficient (Wildman–Crippen LogP) is 3.86. The zero-order valence-corrected chi connectivity index (χ0v) is 18.6. The number of nitrogens with one attached hydrogen (secondary N) is 1. The second-order valence-corrected chi connectivity index (χ2v) is 8.01. The Morgan fingerprint density at radius 2 is 1.88 bits per heavy atom. The third-order valence-electron chi connectivity index (χ3n) is 4.78. The normalized spacial score (nSPS) is 12.3. The molecule has 2 aromatic carbocycles. The summed E-state index contributed by atoms with van der Waals surface area (Å²) in [5.41, 5.74) is 2.58. The van der Waals surface area contributed by atoms with Crippen LogP contribution in [0.5, 0.6) is 11.5 Å². The van der Waals surface area contributed by atoms with Crippen molar-refractivity contribution in [3.63, 3.8) is 0 Å². The second kappa shape index (κ2) is 9.78. The van der Waals surface area contributed by atoms with Crippen LogP contribution in [0.1, 0.15) is 23.0 Å². The van der Waals surface area contributed by atoms with Crippen molar-refractivity contribution < 1.29 is 23.8 Å². The lowest BCUT2D eigenvalue weighted by Gasteiger charge is -2.18. The molecule has 1 N–H and O–H groups in total. The molecule has 0 fully saturated rings. The van der Waals surface area contributed by atoms with Gasteiger partial charge in [0.1, 0.15) is 18.8 Å². The number of aromatic nitrogens is 2. The molecule has 1 aliphatic heterocycles. The Kier molecular flexibility index (Phi) is 6.65. The minimum absolute atomic E-state index is 0.113. The average molecular weight is 454 g/mol. The number of benzene rings is 2. The van der Waals surface area contributed by atoms with Crippen LogP contribution in [-0.2, 0) is 9.53 Å². The van der Waals surface area contributed by atoms with E-state index >= 15 is 0 Å². The molecule has 1 amide bonds. The standard InChI is InChI=1S/C23H23N3O5S/c1-3-29-23(28)19-13-24-26(15(19)2)17-6-4-16(5-7-17)25-22(27)14-32-18-8-9-20-21(12-18)31-11-10-30-20/h4-9,12-13H,3,10-11,14H2,1-2H3,(H,25,27). The van der Waals surface area contributed by atoms with Gasteiger partial charge >= 0.3 is 5.97 Å². The van der Waals surface area contributed by atoms with Gasteiger partial charge in [-0.3, -0.25) is 4.79 Å². The number of thioether (sulfide) groups is 1. The summed E-state index contributed by atoms with van der Waals surface area (Å²) in [6.07, 6.45) is 1.50. The van der Waals surface area contributed by atoms with Crippen molar-refractivity contribution in [3.05, 3.63) is 59.9 Å². The number of esters is 1. The summed E-state index contributed by atoms with van der Waals surface area (Å²) in [5.74, 6) is 1.19. The zero-order chi connectivity index (χ0) is 22.5. The molecule has 2 heterocycles. The van der Waals surface area contributed by atoms with E-state index in [0.717, 1.165) is 16.3 Å². The van der Waals surface area contributed by atoms with Crippen molar-refractivity contribution >= 4 is 29.3 Å². The van der Waals surface area contributed by atoms with E-state index in [1.54, 1.807) is 23.7 Å². The van der Waals surface area contributed by atoms with E-state index in [4.69, 9.17) is 14.2 Å². The van der Waals surface area contributed by atoms with Gasteiger partial charge in [-0.05, 0) is 56.3 Å². The van der Waals surface area contributed by atoms with Crippen LogP contribution in [0.15, 0.2) is 53.6 Å². The average Bonchev–Trinajstić information content (AvgIpc) is 3.19. The van der Waals surface area contributed by atoms with Crippen LogP contribution < -0.4 is 14.8 Å². The number of hydrogen-bond acceptors (Lipinski definition) is 7. The first-order valence-electron chi connectivity index (χ1n) is 10.2. The molecule has 0 unspecified atom stereocenters. The van der Waals surface area contributed by atoms with E-state index in [1.165, 1.54) is 18.0 Å². The van der Waals surface area contributed by atoms with Crippen molar-refractivity contribution in [1.29, 1.82) is 0 Å². The van der Waals surface area contributed by atoms with E-state index in [9.17, 15) is 9.59 Å². The van der Waals surface area contributed by atoms with Crippen molar-refractivity contribution in [2.75, 3.05) is 30.9 Å². The molecule has 9 heteroatoms. The first-order valence-corrected chi connectivity index (χ1v) is 11.2. The molecule has 0 radical (unpaired) electrons. The molecule has 0 saturated carbocycles. The Bertz CT molecular complexity index is 1130. The summed E-state index contributed by atoms with van der Waals surface area (Å²) < 4.78 is 17.8. The highest BCUT2D eigenvalue weighted by atomic mass is 32.2. The Morgan fingerprint density at radius 1 is 1.12 bits per heavy atom. The molecular formula is C23H23N3O5S. The van der Waals surface area contributed by atoms with E-state index < -0.39 is 5.97 Å². The fraction of sp³-hybridized carbons (Fsp3) is 0.261. The largest absolute Gasteiger partial charge is 0.486 e. The van der Waals surface area contributed by atoms with Crippen LogP contribution in [0.25, 0.3) is 5.69 Å². The van der Waals surface area contributed by atoms with Gasteiger partial charge < -0.3 is 19.5 Å². The molecule has 0 spiro atoms. The zero-order valence-electron chi connectivity index (χ0n) is 17.8. The topological polar surface area (TPSA) is 91.7 Å². The van der Waals surface area contributed by atoms with Crippen molar-refractivity contribution in [1.82, 2.24) is 9.78 Å². The van der Waals surface area contributed by atoms with Gasteiger partial charge in [0, 0.05) is 10.6 Å². The van der Waals surface area contributed by atoms with Gasteiger partial charge in [0.15, 0.2) is 11.5 Å². The fourth-order valence-electron chi connectivity index (χ4n) is 3.22. The maximum absolute atomic E-state index is 12.4. The molecule has 0 aliphatic carbocycles. The lowest BCUT2D eigenvalue weighted by molar-refractivity contribution is -0.113. The van der Waals surface area contributed by atoms with Crippen LogP contribution in [0.4, 0.5) is 5.69 Å². The lowest BCUT2D eigenvalue weighted by atomic mass is 10.2. The molecule has 0 atom stereocenters. The quantitative estimate of drug-likeness (QED) is 0.429. The second-order valence-electron chi connectivity index (χ2n) is 6.97. The van der Waals surface area contributed by atoms with Crippen molar-refractivity contribution in [2.24, 2.45) is 0 Å². The van der Waals surface area contributed by atoms with E-state index in [2.05, 4.69) is 10.4 Å². The number of hydrogen-bond donors (Lipinski definition) is 1. The maximum atomic E-state index is 12.4. The predicted molar refractivity (Wildman–Crippen MR) is 121 cm³/mol. The van der Waals surface area contributed by atoms with Crippen LogP contribution in [0.3, 0.4) is 0 Å². The van der Waals surface area contributed by atoms with Crippen LogP contribution in [0.2, 0.25) is 0 Å². The van der Waals surface area contributed by atoms with Gasteiger partial charge in [0.25, 0.3) is 0 Å². The fourth-order valence-corrected chi connectivity index (χ4v) is 3.95. The van der Waals surface area contributed by atoms with Crippen LogP contribution in [0, 0.1) is 6.92 Å². The van der Waals surface area contributed by atoms with E-state index in [0.29, 0.717) is 42.5 Å². The molecule has 166 valence electrons. The molecule has 32 heavy (non-hydrogen) atoms. The van der Waals surface area contributed by atoms with Gasteiger partial charge in [-0.2, -0.15) is 5.10 Å². The van der Waals surface area contributed by atoms with Gasteiger partial charge in [-0.1, -0.05) is 0 Å². The number of fused-ring (bicyclic) bond motifs is 1. The Labute approximate surface area is 189 Å². The highest BCUT2D eigenvalue weighted by Crippen LogP contribution is 2.34. The van der Waals surface area contributed by atoms with Gasteiger partial charge in [0.05, 0.1) is 29.9 Å². The molecule has 1 aliphatic rings. The summed E-state index contributed by atoms with van der Waals surface area (Å²) in [5, 5.41) is 7.17. The van der Waals surface area contributed by atoms with Gasteiger partial charge in [-0.15, -0.1) is 11.8 Å². The number of amides is 1. The molecule has 1 aromatic heterocycles. The third kappa shape index (κ3) is 4.88. The summed E-state index contributed by atoms with van der Waals surface area (Å²) in [6.45, 7) is 4.96. The first-order chi connectivity index (χ1) is 15.5. The van der Waals surface area contributed by atoms with E-state index in [-0.39, 0.29) is 11.7 Å². The number of carbonyl (C=O) groups excluding carboxylic acids is 2. The molecular weight excluding hydrogens is 430 g/mol. The highest BCUT2D eigenvalue weighted by molar-refractivity contribution is 8.00. The number of nitrogens with zero attached hydrogens (tertiary/aromatic N) is 2. The summed E-state index contributed by atoms with van der Waals surface area (Å²) in [7, 11) is 0. The minimum Gasteiger partial charge on any atom is -0.486 e. The summed E-state index contributed by atoms with van der Waals surface area (Å²) in [6, 6.07) is 12.9. The SMILES string of the molecule is CCOC(=O)c1cnn(-c2ccc(NC(=O)CSc3ccc4c(c3)OCCO4)cc2)c1C. The third-order valence-corrected chi connectivity index (χ3v) is 5.78. The highest BCUT2D eigenvalue weighted by Gasteiger charge is 2.16. The lowest BCUT2D eigenvalue weighted by Crippen LogP contribution is -2.15. The molecule has 0 bridgehead atoms. The molecule has 4 rings (SSSR count). The van der Waals surface area contributed by atoms with Crippen LogP contribution in [-0.4, -0.2) is 47.2 Å². The Hall–Kier alpha value is -3.46. The number of ether oxygens (including phenoxy) is 3. The number of carbonyl (C=O) groups is 2. The monoisotopic (exact) mass is 453 g/mol. The Balaban J connectivity index is 1.35. The molecule has 0 saturated heterocycles. The summed E-state index contributed by atoms with van der Waals surface area (Å²) in [4.78, 5) is 25.3. The molecule has 8 nitrogen and oxygen atoms in total. The van der Waals surface area contributed by atoms with Crippen LogP contribution >= 0.6 is 11.8 Å². The Morgan fingerprint density at radius 3 is 2.62 bits per heavy atom. The maximum Gasteiger partial charge on any atom is 0.341 e. The number of anilines is 1. The smallest absolute Gasteiger partial charge is 0.341 e. The van der Waals surface area contributed by atoms with Gasteiger partial charge in [0.2, 0.25) is 5.91 Å². The first kappa shape index (κ1) is 21.8. The summed E-state index contributed by atoms with van der Waals surface area (Å²) >= 11 is 1.43. The van der Waals surface area contributed by atoms with Crippen molar-refractivity contribution in [2.45, 2.75) is 18.7 Å². The molecule has 3 aromatic rings. The van der Waals surface area contributed by atoms with Crippen molar-refractivity contribution in [3.8, 4) is 17.2 Å². The van der Waals surface area contributed by atoms with Gasteiger partial charge in [-0.25, -0.2) is 9.48 Å². The minimum atomic E-state index is -0.393. The number of rotatable bonds is 7.